The summed E-state index contributed by atoms with van der Waals surface area (Å²) in [5.74, 6) is 1.59. The molecule has 2 aliphatic rings. The summed E-state index contributed by atoms with van der Waals surface area (Å²) in [5.41, 5.74) is 0. The zero-order valence-corrected chi connectivity index (χ0v) is 32.2. The van der Waals surface area contributed by atoms with Gasteiger partial charge in [0.05, 0.1) is 13.2 Å². The Morgan fingerprint density at radius 1 is 0.553 bits per heavy atom. The molecule has 288 valence electrons. The number of hydrogen-bond donors (Lipinski definition) is 4. The lowest BCUT2D eigenvalue weighted by atomic mass is 9.81. The van der Waals surface area contributed by atoms with Gasteiger partial charge in [-0.25, -0.2) is 4.79 Å². The summed E-state index contributed by atoms with van der Waals surface area (Å²) in [6.07, 6.45) is 20.9. The van der Waals surface area contributed by atoms with Gasteiger partial charge >= 0.3 is 6.16 Å². The number of rotatable bonds is 20. The first-order valence-electron chi connectivity index (χ1n) is 19.3. The molecule has 0 bridgehead atoms. The molecule has 2 rings (SSSR count). The van der Waals surface area contributed by atoms with Crippen molar-refractivity contribution >= 4 is 6.16 Å². The molecule has 1 aliphatic carbocycles. The van der Waals surface area contributed by atoms with Gasteiger partial charge < -0.3 is 39.4 Å². The summed E-state index contributed by atoms with van der Waals surface area (Å²) < 4.78 is 19.2. The monoisotopic (exact) mass is 683 g/mol. The maximum absolute atomic E-state index is 10.2. The minimum absolute atomic E-state index is 0.00231. The van der Waals surface area contributed by atoms with E-state index in [1.807, 2.05) is 13.8 Å². The van der Waals surface area contributed by atoms with Gasteiger partial charge in [0.1, 0.15) is 12.7 Å². The van der Waals surface area contributed by atoms with Crippen LogP contribution in [0.5, 0.6) is 0 Å². The van der Waals surface area contributed by atoms with E-state index in [4.69, 9.17) is 29.9 Å². The fraction of sp³-hybridized carbons (Fsp3) is 0.974. The minimum Gasteiger partial charge on any atom is -0.430 e. The van der Waals surface area contributed by atoms with E-state index in [1.54, 1.807) is 0 Å². The Hall–Kier alpha value is -0.970. The van der Waals surface area contributed by atoms with Crippen molar-refractivity contribution in [1.82, 2.24) is 0 Å². The molecule has 1 aliphatic heterocycles. The third-order valence-electron chi connectivity index (χ3n) is 7.51. The number of carbonyl (C=O) groups is 1. The highest BCUT2D eigenvalue weighted by molar-refractivity contribution is 5.61. The van der Waals surface area contributed by atoms with E-state index in [0.717, 1.165) is 64.3 Å². The van der Waals surface area contributed by atoms with Gasteiger partial charge in [-0.3, -0.25) is 0 Å². The van der Waals surface area contributed by atoms with Crippen molar-refractivity contribution in [2.45, 2.75) is 170 Å². The van der Waals surface area contributed by atoms with Crippen LogP contribution < -0.4 is 0 Å². The lowest BCUT2D eigenvalue weighted by Crippen LogP contribution is -2.16. The molecule has 0 aromatic carbocycles. The van der Waals surface area contributed by atoms with Gasteiger partial charge in [0.2, 0.25) is 0 Å². The highest BCUT2D eigenvalue weighted by Gasteiger charge is 2.22. The van der Waals surface area contributed by atoms with Crippen molar-refractivity contribution < 1.29 is 44.2 Å². The van der Waals surface area contributed by atoms with Gasteiger partial charge in [0, 0.05) is 39.6 Å². The number of hydrogen-bond acceptors (Lipinski definition) is 9. The molecule has 0 aromatic rings. The van der Waals surface area contributed by atoms with Gasteiger partial charge in [-0.2, -0.15) is 0 Å². The third-order valence-corrected chi connectivity index (χ3v) is 7.51. The Morgan fingerprint density at radius 3 is 1.40 bits per heavy atom. The molecule has 0 aromatic heterocycles. The molecule has 1 saturated carbocycles. The molecule has 1 atom stereocenters. The highest BCUT2D eigenvalue weighted by atomic mass is 16.8. The molecule has 1 heterocycles. The van der Waals surface area contributed by atoms with Crippen molar-refractivity contribution in [2.75, 3.05) is 59.5 Å². The molecule has 1 saturated heterocycles. The van der Waals surface area contributed by atoms with E-state index < -0.39 is 6.16 Å². The standard InChI is InChI=1S/C9H18O.2C7H16O.C5H8O3.C5H12O2.C5H12O/c1-2-8-3-5-9(7-10)6-4-8;1-3-5-7-8-6-4-2;1-2-3-4-5-6-7-8;1-2-4-3-7-5(6)8-4;1-2-4-7-5-3-6;1-2-3-4-5-6/h8-10H,2-7H2,1H3;3-7H2,1-2H3;8H,2-7H2,1H3;4H,2-3H2,1H3;6H,2-5H2,1H3;6H,2-5H2,1H3. The highest BCUT2D eigenvalue weighted by Crippen LogP contribution is 2.29. The first-order chi connectivity index (χ1) is 22.8. The largest absolute Gasteiger partial charge is 0.508 e. The van der Waals surface area contributed by atoms with Gasteiger partial charge in [-0.1, -0.05) is 113 Å². The quantitative estimate of drug-likeness (QED) is 0.0733. The lowest BCUT2D eigenvalue weighted by molar-refractivity contribution is 0.0928. The Balaban J connectivity index is -0.000000238. The van der Waals surface area contributed by atoms with Crippen LogP contribution in [-0.2, 0) is 18.9 Å². The maximum Gasteiger partial charge on any atom is 0.508 e. The number of carbonyl (C=O) groups excluding carboxylic acids is 1. The van der Waals surface area contributed by atoms with Crippen molar-refractivity contribution in [3.8, 4) is 0 Å². The van der Waals surface area contributed by atoms with Gasteiger partial charge in [-0.15, -0.1) is 0 Å². The Morgan fingerprint density at radius 2 is 1.04 bits per heavy atom. The summed E-state index contributed by atoms with van der Waals surface area (Å²) in [7, 11) is 0. The van der Waals surface area contributed by atoms with Gasteiger partial charge in [-0.05, 0) is 63.2 Å². The molecule has 2 fully saturated rings. The van der Waals surface area contributed by atoms with Crippen LogP contribution in [0.2, 0.25) is 0 Å². The van der Waals surface area contributed by atoms with E-state index in [1.165, 1.54) is 77.0 Å². The second-order valence-electron chi connectivity index (χ2n) is 12.1. The van der Waals surface area contributed by atoms with Crippen LogP contribution in [-0.4, -0.2) is 92.1 Å². The van der Waals surface area contributed by atoms with Crippen molar-refractivity contribution in [2.24, 2.45) is 11.8 Å². The smallest absolute Gasteiger partial charge is 0.430 e. The summed E-state index contributed by atoms with van der Waals surface area (Å²) >= 11 is 0. The van der Waals surface area contributed by atoms with Crippen LogP contribution in [0.25, 0.3) is 0 Å². The number of aliphatic hydroxyl groups is 4. The molecule has 9 heteroatoms. The van der Waals surface area contributed by atoms with Crippen LogP contribution in [0.3, 0.4) is 0 Å². The van der Waals surface area contributed by atoms with Crippen molar-refractivity contribution in [3.05, 3.63) is 0 Å². The van der Waals surface area contributed by atoms with Crippen LogP contribution in [0.15, 0.2) is 0 Å². The summed E-state index contributed by atoms with van der Waals surface area (Å²) in [5, 5.41) is 33.6. The fourth-order valence-corrected chi connectivity index (χ4v) is 4.27. The van der Waals surface area contributed by atoms with E-state index >= 15 is 0 Å². The molecule has 0 amide bonds. The van der Waals surface area contributed by atoms with Gasteiger partial charge in [0.25, 0.3) is 0 Å². The number of cyclic esters (lactones) is 2. The number of aliphatic hydroxyl groups excluding tert-OH is 4. The predicted molar refractivity (Wildman–Crippen MR) is 196 cm³/mol. The van der Waals surface area contributed by atoms with Crippen LogP contribution in [0, 0.1) is 11.8 Å². The molecular weight excluding hydrogens is 600 g/mol. The molecule has 47 heavy (non-hydrogen) atoms. The van der Waals surface area contributed by atoms with E-state index in [2.05, 4.69) is 44.1 Å². The van der Waals surface area contributed by atoms with Crippen molar-refractivity contribution in [3.63, 3.8) is 0 Å². The first-order valence-corrected chi connectivity index (χ1v) is 19.3. The second kappa shape index (κ2) is 49.4. The molecule has 9 nitrogen and oxygen atoms in total. The van der Waals surface area contributed by atoms with Crippen LogP contribution >= 0.6 is 0 Å². The van der Waals surface area contributed by atoms with Crippen molar-refractivity contribution in [1.29, 1.82) is 0 Å². The van der Waals surface area contributed by atoms with E-state index in [9.17, 15) is 4.79 Å². The first kappa shape index (κ1) is 52.8. The molecule has 0 radical (unpaired) electrons. The molecule has 4 N–H and O–H groups in total. The topological polar surface area (TPSA) is 135 Å². The summed E-state index contributed by atoms with van der Waals surface area (Å²) in [6.45, 7) is 19.7. The zero-order valence-electron chi connectivity index (χ0n) is 32.2. The normalized spacial score (nSPS) is 17.8. The minimum atomic E-state index is -0.531. The fourth-order valence-electron chi connectivity index (χ4n) is 4.27. The Kier molecular flexibility index (Phi) is 55.6. The number of unbranched alkanes of at least 4 members (excludes halogenated alkanes) is 7. The van der Waals surface area contributed by atoms with E-state index in [-0.39, 0.29) is 12.7 Å². The van der Waals surface area contributed by atoms with Gasteiger partial charge in [0.15, 0.2) is 0 Å². The second-order valence-corrected chi connectivity index (χ2v) is 12.1. The SMILES string of the molecule is CCC1CCC(CO)CC1.CCC1COC(=O)O1.CCCCCCCO.CCCCCO.CCCCOCCC.CCCOCCO. The number of ether oxygens (including phenoxy) is 4. The van der Waals surface area contributed by atoms with Crippen LogP contribution in [0.4, 0.5) is 4.79 Å². The predicted octanol–water partition coefficient (Wildman–Crippen LogP) is 8.86. The Labute approximate surface area is 291 Å². The summed E-state index contributed by atoms with van der Waals surface area (Å²) in [6, 6.07) is 0. The average molecular weight is 683 g/mol. The Bertz CT molecular complexity index is 485. The summed E-state index contributed by atoms with van der Waals surface area (Å²) in [4.78, 5) is 10.2. The average Bonchev–Trinajstić information content (AvgIpc) is 3.54. The molecular formula is C38H82O9. The lowest BCUT2D eigenvalue weighted by Gasteiger charge is -2.26. The zero-order chi connectivity index (χ0) is 36.2. The molecule has 1 unspecified atom stereocenters. The molecule has 0 spiro atoms. The third kappa shape index (κ3) is 49.5. The maximum atomic E-state index is 10.2. The van der Waals surface area contributed by atoms with E-state index in [0.29, 0.717) is 39.0 Å². The van der Waals surface area contributed by atoms with Crippen LogP contribution in [0.1, 0.15) is 164 Å².